The van der Waals surface area contributed by atoms with Gasteiger partial charge in [-0.15, -0.1) is 0 Å². The van der Waals surface area contributed by atoms with Crippen LogP contribution in [0.25, 0.3) is 17.1 Å². The van der Waals surface area contributed by atoms with Crippen molar-refractivity contribution in [3.8, 4) is 22.8 Å². The molecule has 0 saturated carbocycles. The Labute approximate surface area is 216 Å². The molecule has 0 spiro atoms. The fraction of sp³-hybridized carbons (Fsp3) is 0.259. The number of hydrogen-bond acceptors (Lipinski definition) is 6. The summed E-state index contributed by atoms with van der Waals surface area (Å²) in [6.07, 6.45) is 1.69. The van der Waals surface area contributed by atoms with Crippen LogP contribution in [0.1, 0.15) is 42.1 Å². The molecule has 186 valence electrons. The van der Waals surface area contributed by atoms with Crippen molar-refractivity contribution in [2.45, 2.75) is 46.8 Å². The van der Waals surface area contributed by atoms with E-state index in [1.165, 1.54) is 6.07 Å². The van der Waals surface area contributed by atoms with Gasteiger partial charge in [-0.25, -0.2) is 9.97 Å². The van der Waals surface area contributed by atoms with Crippen LogP contribution in [0, 0.1) is 26.7 Å². The van der Waals surface area contributed by atoms with Gasteiger partial charge in [-0.1, -0.05) is 6.07 Å². The topological polar surface area (TPSA) is 90.1 Å². The molecule has 0 aliphatic rings. The highest BCUT2D eigenvalue weighted by Crippen LogP contribution is 2.28. The van der Waals surface area contributed by atoms with E-state index in [0.29, 0.717) is 39.9 Å². The molecule has 0 aromatic carbocycles. The second-order valence-corrected chi connectivity index (χ2v) is 9.97. The monoisotopic (exact) mass is 552 g/mol. The molecule has 36 heavy (non-hydrogen) atoms. The summed E-state index contributed by atoms with van der Waals surface area (Å²) in [4.78, 5) is 26.3. The number of hydrogen-bond donors (Lipinski definition) is 1. The minimum absolute atomic E-state index is 0.0156. The van der Waals surface area contributed by atoms with E-state index in [-0.39, 0.29) is 16.6 Å². The summed E-state index contributed by atoms with van der Waals surface area (Å²) in [6, 6.07) is 12.0. The van der Waals surface area contributed by atoms with Gasteiger partial charge in [0.25, 0.3) is 5.56 Å². The predicted molar refractivity (Wildman–Crippen MR) is 139 cm³/mol. The second kappa shape index (κ2) is 9.91. The summed E-state index contributed by atoms with van der Waals surface area (Å²) in [5.41, 5.74) is 3.49. The van der Waals surface area contributed by atoms with E-state index in [4.69, 9.17) is 4.74 Å². The van der Waals surface area contributed by atoms with Gasteiger partial charge in [0.1, 0.15) is 22.4 Å². The van der Waals surface area contributed by atoms with Crippen molar-refractivity contribution >= 4 is 15.9 Å². The molecule has 4 aromatic rings. The Morgan fingerprint density at radius 1 is 1.08 bits per heavy atom. The smallest absolute Gasteiger partial charge is 0.273 e. The molecule has 0 aliphatic heterocycles. The molecule has 0 radical (unpaired) electrons. The van der Waals surface area contributed by atoms with E-state index in [9.17, 15) is 14.3 Å². The molecule has 4 heterocycles. The van der Waals surface area contributed by atoms with Crippen LogP contribution in [-0.2, 0) is 12.2 Å². The number of ether oxygens (including phenoxy) is 1. The van der Waals surface area contributed by atoms with Crippen molar-refractivity contribution in [1.29, 1.82) is 0 Å². The predicted octanol–water partition coefficient (Wildman–Crippen LogP) is 5.32. The van der Waals surface area contributed by atoms with Crippen LogP contribution in [0.2, 0.25) is 0 Å². The molecule has 9 heteroatoms. The molecule has 0 bridgehead atoms. The quantitative estimate of drug-likeness (QED) is 0.325. The summed E-state index contributed by atoms with van der Waals surface area (Å²) in [6.45, 7) is 8.80. The van der Waals surface area contributed by atoms with Crippen LogP contribution in [0.15, 0.2) is 57.9 Å². The van der Waals surface area contributed by atoms with Crippen LogP contribution >= 0.6 is 15.9 Å². The zero-order valence-corrected chi connectivity index (χ0v) is 22.2. The van der Waals surface area contributed by atoms with Gasteiger partial charge in [0.15, 0.2) is 0 Å². The number of nitrogens with zero attached hydrogens (tertiary/aromatic N) is 4. The summed E-state index contributed by atoms with van der Waals surface area (Å²) in [5.74, 6) is -0.241. The summed E-state index contributed by atoms with van der Waals surface area (Å²) in [7, 11) is 0. The molecule has 7 nitrogen and oxygen atoms in total. The van der Waals surface area contributed by atoms with Crippen LogP contribution in [0.4, 0.5) is 4.39 Å². The van der Waals surface area contributed by atoms with E-state index < -0.39 is 11.5 Å². The molecule has 0 saturated heterocycles. The zero-order valence-electron chi connectivity index (χ0n) is 20.6. The molecule has 0 fully saturated rings. The van der Waals surface area contributed by atoms with Gasteiger partial charge in [0.2, 0.25) is 5.95 Å². The lowest BCUT2D eigenvalue weighted by Crippen LogP contribution is -2.23. The maximum absolute atomic E-state index is 13.6. The van der Waals surface area contributed by atoms with Gasteiger partial charge in [-0.3, -0.25) is 14.3 Å². The fourth-order valence-corrected chi connectivity index (χ4v) is 4.22. The van der Waals surface area contributed by atoms with Crippen molar-refractivity contribution in [3.63, 3.8) is 0 Å². The van der Waals surface area contributed by atoms with Crippen LogP contribution < -0.4 is 10.3 Å². The maximum Gasteiger partial charge on any atom is 0.273 e. The molecule has 4 aromatic heterocycles. The van der Waals surface area contributed by atoms with Crippen molar-refractivity contribution in [2.75, 3.05) is 0 Å². The fourth-order valence-electron chi connectivity index (χ4n) is 3.82. The summed E-state index contributed by atoms with van der Waals surface area (Å²) in [5, 5.41) is 10.3. The Balaban J connectivity index is 1.72. The molecule has 0 aliphatic carbocycles. The van der Waals surface area contributed by atoms with Crippen LogP contribution in [-0.4, -0.2) is 24.6 Å². The number of pyridine rings is 4. The lowest BCUT2D eigenvalue weighted by atomic mass is 10.0. The lowest BCUT2D eigenvalue weighted by molar-refractivity contribution is 0.0740. The minimum atomic E-state index is -1.10. The first-order chi connectivity index (χ1) is 16.9. The van der Waals surface area contributed by atoms with Crippen molar-refractivity contribution in [1.82, 2.24) is 19.5 Å². The largest absolute Gasteiger partial charge is 0.486 e. The zero-order chi connectivity index (χ0) is 26.2. The second-order valence-electron chi connectivity index (χ2n) is 9.17. The molecular formula is C27H26BrFN4O3. The highest BCUT2D eigenvalue weighted by atomic mass is 79.9. The number of rotatable bonds is 6. The lowest BCUT2D eigenvalue weighted by Gasteiger charge is -2.18. The highest BCUT2D eigenvalue weighted by molar-refractivity contribution is 9.10. The van der Waals surface area contributed by atoms with Gasteiger partial charge >= 0.3 is 0 Å². The van der Waals surface area contributed by atoms with Crippen molar-refractivity contribution in [3.05, 3.63) is 97.6 Å². The highest BCUT2D eigenvalue weighted by Gasteiger charge is 2.20. The summed E-state index contributed by atoms with van der Waals surface area (Å²) < 4.78 is 21.3. The maximum atomic E-state index is 13.6. The molecule has 0 amide bonds. The van der Waals surface area contributed by atoms with Gasteiger partial charge < -0.3 is 9.84 Å². The Bertz CT molecular complexity index is 1490. The molecule has 1 N–H and O–H groups in total. The molecular weight excluding hydrogens is 527 g/mol. The SMILES string of the molecule is Cc1cc(F)nc(COc2cc(C)n(-c3cc(-c4cccc(C(C)(C)O)n4)ncc3C)c(=O)c2Br)c1. The van der Waals surface area contributed by atoms with E-state index >= 15 is 0 Å². The van der Waals surface area contributed by atoms with E-state index in [2.05, 4.69) is 30.9 Å². The Hall–Kier alpha value is -3.43. The van der Waals surface area contributed by atoms with E-state index in [1.54, 1.807) is 68.8 Å². The van der Waals surface area contributed by atoms with Crippen molar-refractivity contribution < 1.29 is 14.2 Å². The van der Waals surface area contributed by atoms with Crippen molar-refractivity contribution in [2.24, 2.45) is 0 Å². The summed E-state index contributed by atoms with van der Waals surface area (Å²) >= 11 is 3.38. The Morgan fingerprint density at radius 2 is 1.83 bits per heavy atom. The standard InChI is InChI=1S/C27H26BrFN4O3/c1-15-9-18(31-24(29)10-15)14-36-22-11-17(3)33(26(34)25(22)28)21-12-20(30-13-16(21)2)19-7-6-8-23(32-19)27(4,5)35/h6-13,35H,14H2,1-5H3. The number of aromatic nitrogens is 4. The first-order valence-corrected chi connectivity index (χ1v) is 12.1. The Kier molecular flexibility index (Phi) is 7.06. The third-order valence-electron chi connectivity index (χ3n) is 5.62. The number of aliphatic hydroxyl groups is 1. The van der Waals surface area contributed by atoms with E-state index in [1.807, 2.05) is 13.0 Å². The van der Waals surface area contributed by atoms with Gasteiger partial charge in [-0.05, 0) is 92.0 Å². The first-order valence-electron chi connectivity index (χ1n) is 11.3. The van der Waals surface area contributed by atoms with Gasteiger partial charge in [0.05, 0.1) is 28.5 Å². The normalized spacial score (nSPS) is 11.6. The number of halogens is 2. The third-order valence-corrected chi connectivity index (χ3v) is 6.35. The van der Waals surface area contributed by atoms with Crippen LogP contribution in [0.5, 0.6) is 5.75 Å². The van der Waals surface area contributed by atoms with Gasteiger partial charge in [-0.2, -0.15) is 4.39 Å². The van der Waals surface area contributed by atoms with E-state index in [0.717, 1.165) is 11.1 Å². The minimum Gasteiger partial charge on any atom is -0.486 e. The average Bonchev–Trinajstić information content (AvgIpc) is 2.80. The third kappa shape index (κ3) is 5.37. The van der Waals surface area contributed by atoms with Crippen LogP contribution in [0.3, 0.4) is 0 Å². The Morgan fingerprint density at radius 3 is 2.53 bits per heavy atom. The van der Waals surface area contributed by atoms with Gasteiger partial charge in [0, 0.05) is 18.0 Å². The molecule has 0 atom stereocenters. The molecule has 0 unspecified atom stereocenters. The molecule has 4 rings (SSSR count). The first kappa shape index (κ1) is 25.7. The number of aryl methyl sites for hydroxylation is 3. The average molecular weight is 553 g/mol.